The Bertz CT molecular complexity index is 633. The third kappa shape index (κ3) is 4.00. The summed E-state index contributed by atoms with van der Waals surface area (Å²) in [6, 6.07) is 5.97. The van der Waals surface area contributed by atoms with Crippen LogP contribution in [0.1, 0.15) is 36.4 Å². The van der Waals surface area contributed by atoms with Gasteiger partial charge in [-0.15, -0.1) is 0 Å². The van der Waals surface area contributed by atoms with Crippen LogP contribution in [0.5, 0.6) is 0 Å². The van der Waals surface area contributed by atoms with Crippen molar-refractivity contribution in [3.05, 3.63) is 50.8 Å². The van der Waals surface area contributed by atoms with Crippen molar-refractivity contribution in [2.24, 2.45) is 0 Å². The summed E-state index contributed by atoms with van der Waals surface area (Å²) in [4.78, 5) is 0. The van der Waals surface area contributed by atoms with Crippen molar-refractivity contribution in [1.29, 1.82) is 0 Å². The first-order valence-corrected chi connectivity index (χ1v) is 7.84. The number of benzene rings is 1. The lowest BCUT2D eigenvalue weighted by Gasteiger charge is -2.10. The van der Waals surface area contributed by atoms with E-state index in [9.17, 15) is 0 Å². The van der Waals surface area contributed by atoms with Crippen LogP contribution >= 0.6 is 23.2 Å². The minimum absolute atomic E-state index is 0.453. The van der Waals surface area contributed by atoms with E-state index < -0.39 is 0 Å². The van der Waals surface area contributed by atoms with Gasteiger partial charge < -0.3 is 5.32 Å². The molecule has 0 fully saturated rings. The van der Waals surface area contributed by atoms with Crippen molar-refractivity contribution >= 4 is 23.2 Å². The zero-order valence-corrected chi connectivity index (χ0v) is 14.4. The fourth-order valence-electron chi connectivity index (χ4n) is 2.28. The molecule has 2 rings (SSSR count). The molecule has 5 heteroatoms. The molecule has 0 amide bonds. The normalized spacial score (nSPS) is 11.4. The van der Waals surface area contributed by atoms with Crippen molar-refractivity contribution in [3.8, 4) is 0 Å². The maximum Gasteiger partial charge on any atom is 0.0677 e. The Morgan fingerprint density at radius 1 is 1.24 bits per heavy atom. The van der Waals surface area contributed by atoms with Crippen molar-refractivity contribution in [2.75, 3.05) is 0 Å². The van der Waals surface area contributed by atoms with Gasteiger partial charge in [0.2, 0.25) is 0 Å². The van der Waals surface area contributed by atoms with E-state index >= 15 is 0 Å². The zero-order valence-electron chi connectivity index (χ0n) is 12.9. The molecule has 1 aromatic heterocycles. The van der Waals surface area contributed by atoms with Crippen LogP contribution in [-0.2, 0) is 13.1 Å². The van der Waals surface area contributed by atoms with Gasteiger partial charge in [-0.05, 0) is 37.6 Å². The van der Waals surface area contributed by atoms with Crippen molar-refractivity contribution in [1.82, 2.24) is 15.1 Å². The summed E-state index contributed by atoms with van der Waals surface area (Å²) in [5.41, 5.74) is 4.45. The van der Waals surface area contributed by atoms with Gasteiger partial charge in [0.05, 0.1) is 12.2 Å². The summed E-state index contributed by atoms with van der Waals surface area (Å²) >= 11 is 12.3. The van der Waals surface area contributed by atoms with Gasteiger partial charge in [-0.3, -0.25) is 4.68 Å². The van der Waals surface area contributed by atoms with Gasteiger partial charge in [0.15, 0.2) is 0 Å². The molecule has 0 radical (unpaired) electrons. The molecule has 0 unspecified atom stereocenters. The second kappa shape index (κ2) is 6.82. The van der Waals surface area contributed by atoms with E-state index in [1.807, 2.05) is 23.7 Å². The molecule has 0 atom stereocenters. The lowest BCUT2D eigenvalue weighted by molar-refractivity contribution is 0.584. The predicted octanol–water partition coefficient (Wildman–Crippen LogP) is 4.35. The average Bonchev–Trinajstić information content (AvgIpc) is 2.66. The summed E-state index contributed by atoms with van der Waals surface area (Å²) in [5.74, 6) is 0. The van der Waals surface area contributed by atoms with Crippen molar-refractivity contribution < 1.29 is 0 Å². The molecule has 0 saturated carbocycles. The zero-order chi connectivity index (χ0) is 15.6. The summed E-state index contributed by atoms with van der Waals surface area (Å²) in [7, 11) is 0. The van der Waals surface area contributed by atoms with Crippen LogP contribution in [0.2, 0.25) is 10.0 Å². The van der Waals surface area contributed by atoms with E-state index in [1.165, 1.54) is 5.56 Å². The van der Waals surface area contributed by atoms with E-state index in [4.69, 9.17) is 23.2 Å². The maximum atomic E-state index is 6.24. The smallest absolute Gasteiger partial charge is 0.0677 e. The van der Waals surface area contributed by atoms with Gasteiger partial charge in [0.25, 0.3) is 0 Å². The van der Waals surface area contributed by atoms with Crippen LogP contribution in [0.4, 0.5) is 0 Å². The highest BCUT2D eigenvalue weighted by molar-refractivity contribution is 6.33. The standard InChI is InChI=1S/C16H21Cl2N3/c1-10(2)19-8-15-11(3)20-21(12(15)4)9-13-7-14(17)5-6-16(13)18/h5-7,10,19H,8-9H2,1-4H3. The summed E-state index contributed by atoms with van der Waals surface area (Å²) in [5, 5.41) is 9.48. The number of nitrogens with zero attached hydrogens (tertiary/aromatic N) is 2. The molecule has 1 N–H and O–H groups in total. The van der Waals surface area contributed by atoms with E-state index in [0.29, 0.717) is 22.6 Å². The Hall–Kier alpha value is -1.03. The molecule has 114 valence electrons. The number of rotatable bonds is 5. The van der Waals surface area contributed by atoms with E-state index in [-0.39, 0.29) is 0 Å². The molecule has 1 aromatic carbocycles. The molecule has 1 heterocycles. The first-order chi connectivity index (χ1) is 9.88. The second-order valence-corrected chi connectivity index (χ2v) is 6.42. The molecule has 0 saturated heterocycles. The molecule has 3 nitrogen and oxygen atoms in total. The summed E-state index contributed by atoms with van der Waals surface area (Å²) in [6.07, 6.45) is 0. The van der Waals surface area contributed by atoms with Gasteiger partial charge in [-0.25, -0.2) is 0 Å². The minimum atomic E-state index is 0.453. The van der Waals surface area contributed by atoms with Gasteiger partial charge >= 0.3 is 0 Å². The van der Waals surface area contributed by atoms with Crippen LogP contribution in [-0.4, -0.2) is 15.8 Å². The van der Waals surface area contributed by atoms with E-state index in [1.54, 1.807) is 6.07 Å². The molecular formula is C16H21Cl2N3. The number of aromatic nitrogens is 2. The highest BCUT2D eigenvalue weighted by Crippen LogP contribution is 2.23. The first kappa shape index (κ1) is 16.3. The second-order valence-electron chi connectivity index (χ2n) is 5.58. The van der Waals surface area contributed by atoms with Crippen LogP contribution in [0, 0.1) is 13.8 Å². The van der Waals surface area contributed by atoms with Crippen LogP contribution in [0.15, 0.2) is 18.2 Å². The third-order valence-electron chi connectivity index (χ3n) is 3.55. The Kier molecular flexibility index (Phi) is 5.31. The molecule has 0 aliphatic rings. The largest absolute Gasteiger partial charge is 0.310 e. The molecule has 0 spiro atoms. The maximum absolute atomic E-state index is 6.24. The predicted molar refractivity (Wildman–Crippen MR) is 89.2 cm³/mol. The Morgan fingerprint density at radius 2 is 1.95 bits per heavy atom. The summed E-state index contributed by atoms with van der Waals surface area (Å²) < 4.78 is 1.99. The molecule has 2 aromatic rings. The quantitative estimate of drug-likeness (QED) is 0.885. The number of halogens is 2. The molecular weight excluding hydrogens is 305 g/mol. The van der Waals surface area contributed by atoms with Crippen LogP contribution in [0.3, 0.4) is 0 Å². The minimum Gasteiger partial charge on any atom is -0.310 e. The number of hydrogen-bond donors (Lipinski definition) is 1. The summed E-state index contributed by atoms with van der Waals surface area (Å²) in [6.45, 7) is 9.88. The van der Waals surface area contributed by atoms with Gasteiger partial charge in [-0.2, -0.15) is 5.10 Å². The number of nitrogens with one attached hydrogen (secondary N) is 1. The van der Waals surface area contributed by atoms with Crippen molar-refractivity contribution in [2.45, 2.75) is 46.8 Å². The SMILES string of the molecule is Cc1nn(Cc2cc(Cl)ccc2Cl)c(C)c1CNC(C)C. The van der Waals surface area contributed by atoms with E-state index in [0.717, 1.165) is 23.5 Å². The fourth-order valence-corrected chi connectivity index (χ4v) is 2.65. The molecule has 0 bridgehead atoms. The monoisotopic (exact) mass is 325 g/mol. The Morgan fingerprint density at radius 3 is 2.62 bits per heavy atom. The number of hydrogen-bond acceptors (Lipinski definition) is 2. The molecule has 21 heavy (non-hydrogen) atoms. The topological polar surface area (TPSA) is 29.9 Å². The fraction of sp³-hybridized carbons (Fsp3) is 0.438. The van der Waals surface area contributed by atoms with Gasteiger partial charge in [-0.1, -0.05) is 37.0 Å². The average molecular weight is 326 g/mol. The lowest BCUT2D eigenvalue weighted by Crippen LogP contribution is -2.22. The Balaban J connectivity index is 2.25. The van der Waals surface area contributed by atoms with Crippen molar-refractivity contribution in [3.63, 3.8) is 0 Å². The highest BCUT2D eigenvalue weighted by atomic mass is 35.5. The van der Waals surface area contributed by atoms with Gasteiger partial charge in [0, 0.05) is 33.9 Å². The lowest BCUT2D eigenvalue weighted by atomic mass is 10.2. The van der Waals surface area contributed by atoms with E-state index in [2.05, 4.69) is 31.2 Å². The molecule has 0 aliphatic heterocycles. The highest BCUT2D eigenvalue weighted by Gasteiger charge is 2.13. The first-order valence-electron chi connectivity index (χ1n) is 7.08. The molecule has 0 aliphatic carbocycles. The Labute approximate surface area is 136 Å². The van der Waals surface area contributed by atoms with Crippen LogP contribution in [0.25, 0.3) is 0 Å². The van der Waals surface area contributed by atoms with Crippen LogP contribution < -0.4 is 5.32 Å². The van der Waals surface area contributed by atoms with Gasteiger partial charge in [0.1, 0.15) is 0 Å². The number of aryl methyl sites for hydroxylation is 1. The third-order valence-corrected chi connectivity index (χ3v) is 4.15.